The maximum atomic E-state index is 13.4. The lowest BCUT2D eigenvalue weighted by atomic mass is 10.3. The Hall–Kier alpha value is -2.84. The summed E-state index contributed by atoms with van der Waals surface area (Å²) in [6.45, 7) is -0.221. The summed E-state index contributed by atoms with van der Waals surface area (Å²) in [5.41, 5.74) is 0. The number of amides is 1. The molecule has 122 valence electrons. The number of nitrogens with one attached hydrogen (secondary N) is 1. The quantitative estimate of drug-likeness (QED) is 0.676. The van der Waals surface area contributed by atoms with Crippen molar-refractivity contribution in [1.29, 1.82) is 0 Å². The zero-order valence-electron chi connectivity index (χ0n) is 11.7. The van der Waals surface area contributed by atoms with E-state index in [9.17, 15) is 22.4 Å². The lowest BCUT2D eigenvalue weighted by Gasteiger charge is -2.09. The molecule has 0 spiro atoms. The number of aromatic nitrogens is 1. The largest absolute Gasteiger partial charge is 0.484 e. The summed E-state index contributed by atoms with van der Waals surface area (Å²) in [5, 5.41) is 2.35. The molecule has 23 heavy (non-hydrogen) atoms. The number of pyridine rings is 1. The van der Waals surface area contributed by atoms with Crippen molar-refractivity contribution in [1.82, 2.24) is 10.3 Å². The minimum Gasteiger partial charge on any atom is -0.484 e. The van der Waals surface area contributed by atoms with Gasteiger partial charge in [-0.2, -0.15) is 22.5 Å². The lowest BCUT2D eigenvalue weighted by Crippen LogP contribution is -2.24. The zero-order chi connectivity index (χ0) is 17.0. The van der Waals surface area contributed by atoms with E-state index in [1.807, 2.05) is 0 Å². The van der Waals surface area contributed by atoms with E-state index in [2.05, 4.69) is 10.3 Å². The van der Waals surface area contributed by atoms with Crippen LogP contribution in [-0.2, 0) is 4.79 Å². The summed E-state index contributed by atoms with van der Waals surface area (Å²) in [4.78, 5) is 13.4. The summed E-state index contributed by atoms with van der Waals surface area (Å²) < 4.78 is 62.7. The average molecular weight is 330 g/mol. The van der Waals surface area contributed by atoms with Gasteiger partial charge in [0.2, 0.25) is 17.4 Å². The summed E-state index contributed by atoms with van der Waals surface area (Å²) >= 11 is 0. The summed E-state index contributed by atoms with van der Waals surface area (Å²) in [6.07, 6.45) is 0. The average Bonchev–Trinajstić information content (AvgIpc) is 2.55. The van der Waals surface area contributed by atoms with Crippen LogP contribution >= 0.6 is 0 Å². The molecule has 1 amide bonds. The third-order valence-electron chi connectivity index (χ3n) is 2.65. The highest BCUT2D eigenvalue weighted by atomic mass is 19.2. The van der Waals surface area contributed by atoms with E-state index in [4.69, 9.17) is 9.47 Å². The van der Waals surface area contributed by atoms with Gasteiger partial charge in [0, 0.05) is 7.05 Å². The molecule has 1 aromatic heterocycles. The van der Waals surface area contributed by atoms with Crippen molar-refractivity contribution in [3.05, 3.63) is 47.8 Å². The molecule has 0 aliphatic heterocycles. The first kappa shape index (κ1) is 16.5. The predicted molar refractivity (Wildman–Crippen MR) is 70.1 cm³/mol. The van der Waals surface area contributed by atoms with Crippen LogP contribution in [-0.4, -0.2) is 24.5 Å². The molecule has 0 fully saturated rings. The Balaban J connectivity index is 2.14. The third-order valence-corrected chi connectivity index (χ3v) is 2.65. The Morgan fingerprint density at radius 1 is 1.04 bits per heavy atom. The van der Waals surface area contributed by atoms with Crippen molar-refractivity contribution in [2.24, 2.45) is 0 Å². The van der Waals surface area contributed by atoms with Gasteiger partial charge in [-0.1, -0.05) is 0 Å². The molecular weight excluding hydrogens is 320 g/mol. The van der Waals surface area contributed by atoms with E-state index < -0.39 is 29.3 Å². The molecule has 0 radical (unpaired) electrons. The SMILES string of the molecule is CNC(=O)COc1ccc(Oc2c(F)c(F)nc(F)c2F)cc1. The molecule has 1 heterocycles. The van der Waals surface area contributed by atoms with Crippen LogP contribution in [0.5, 0.6) is 17.2 Å². The molecule has 9 heteroatoms. The van der Waals surface area contributed by atoms with Gasteiger partial charge in [-0.15, -0.1) is 0 Å². The van der Waals surface area contributed by atoms with Crippen LogP contribution in [0.1, 0.15) is 0 Å². The van der Waals surface area contributed by atoms with Crippen LogP contribution in [0.15, 0.2) is 24.3 Å². The number of carbonyl (C=O) groups excluding carboxylic acids is 1. The predicted octanol–water partition coefficient (Wildman–Crippen LogP) is 2.56. The molecule has 1 aromatic carbocycles. The molecule has 0 aliphatic carbocycles. The first-order valence-corrected chi connectivity index (χ1v) is 6.23. The van der Waals surface area contributed by atoms with Crippen LogP contribution in [0.3, 0.4) is 0 Å². The van der Waals surface area contributed by atoms with Crippen molar-refractivity contribution in [2.45, 2.75) is 0 Å². The van der Waals surface area contributed by atoms with Gasteiger partial charge in [-0.05, 0) is 24.3 Å². The minimum absolute atomic E-state index is 0.0971. The van der Waals surface area contributed by atoms with Crippen LogP contribution in [0.2, 0.25) is 0 Å². The van der Waals surface area contributed by atoms with Gasteiger partial charge in [-0.25, -0.2) is 0 Å². The van der Waals surface area contributed by atoms with Crippen LogP contribution in [0, 0.1) is 23.5 Å². The Bertz CT molecular complexity index is 697. The summed E-state index contributed by atoms with van der Waals surface area (Å²) in [5.74, 6) is -8.53. The Morgan fingerprint density at radius 2 is 1.57 bits per heavy atom. The number of likely N-dealkylation sites (N-methyl/N-ethyl adjacent to an activating group) is 1. The second-order valence-corrected chi connectivity index (χ2v) is 4.19. The topological polar surface area (TPSA) is 60.5 Å². The van der Waals surface area contributed by atoms with E-state index in [0.717, 1.165) is 0 Å². The second kappa shape index (κ2) is 6.95. The van der Waals surface area contributed by atoms with Crippen molar-refractivity contribution in [3.8, 4) is 17.2 Å². The van der Waals surface area contributed by atoms with Crippen molar-refractivity contribution < 1.29 is 31.8 Å². The van der Waals surface area contributed by atoms with E-state index >= 15 is 0 Å². The molecule has 0 saturated carbocycles. The van der Waals surface area contributed by atoms with Gasteiger partial charge in [-0.3, -0.25) is 4.79 Å². The third kappa shape index (κ3) is 3.87. The number of hydrogen-bond donors (Lipinski definition) is 1. The molecular formula is C14H10F4N2O3. The maximum absolute atomic E-state index is 13.4. The molecule has 0 bridgehead atoms. The summed E-state index contributed by atoms with van der Waals surface area (Å²) in [6, 6.07) is 5.19. The van der Waals surface area contributed by atoms with Gasteiger partial charge < -0.3 is 14.8 Å². The van der Waals surface area contributed by atoms with Gasteiger partial charge in [0.25, 0.3) is 17.8 Å². The van der Waals surface area contributed by atoms with Gasteiger partial charge in [0.1, 0.15) is 11.5 Å². The van der Waals surface area contributed by atoms with Crippen LogP contribution < -0.4 is 14.8 Å². The van der Waals surface area contributed by atoms with Crippen molar-refractivity contribution >= 4 is 5.91 Å². The van der Waals surface area contributed by atoms with E-state index in [1.165, 1.54) is 31.3 Å². The highest BCUT2D eigenvalue weighted by Gasteiger charge is 2.22. The van der Waals surface area contributed by atoms with Gasteiger partial charge in [0.05, 0.1) is 0 Å². The minimum atomic E-state index is -1.82. The maximum Gasteiger partial charge on any atom is 0.257 e. The zero-order valence-corrected chi connectivity index (χ0v) is 11.7. The number of hydrogen-bond acceptors (Lipinski definition) is 4. The lowest BCUT2D eigenvalue weighted by molar-refractivity contribution is -0.122. The normalized spacial score (nSPS) is 10.3. The van der Waals surface area contributed by atoms with Crippen molar-refractivity contribution in [3.63, 3.8) is 0 Å². The molecule has 2 aromatic rings. The van der Waals surface area contributed by atoms with E-state index in [0.29, 0.717) is 0 Å². The standard InChI is InChI=1S/C14H10F4N2O3/c1-19-9(21)6-22-7-2-4-8(5-3-7)23-12-10(15)13(17)20-14(18)11(12)16/h2-5H,6H2,1H3,(H,19,21). The number of benzene rings is 1. The molecule has 0 unspecified atom stereocenters. The highest BCUT2D eigenvalue weighted by molar-refractivity contribution is 5.77. The molecule has 0 aliphatic rings. The number of rotatable bonds is 5. The first-order valence-electron chi connectivity index (χ1n) is 6.23. The summed E-state index contributed by atoms with van der Waals surface area (Å²) in [7, 11) is 1.44. The Morgan fingerprint density at radius 3 is 2.09 bits per heavy atom. The second-order valence-electron chi connectivity index (χ2n) is 4.19. The molecule has 1 N–H and O–H groups in total. The Kier molecular flexibility index (Phi) is 4.99. The van der Waals surface area contributed by atoms with E-state index in [1.54, 1.807) is 0 Å². The fourth-order valence-corrected chi connectivity index (χ4v) is 1.50. The van der Waals surface area contributed by atoms with Gasteiger partial charge >= 0.3 is 0 Å². The number of halogens is 4. The number of nitrogens with zero attached hydrogens (tertiary/aromatic N) is 1. The fraction of sp³-hybridized carbons (Fsp3) is 0.143. The fourth-order valence-electron chi connectivity index (χ4n) is 1.50. The smallest absolute Gasteiger partial charge is 0.257 e. The monoisotopic (exact) mass is 330 g/mol. The Labute approximate surface area is 127 Å². The molecule has 0 saturated heterocycles. The van der Waals surface area contributed by atoms with E-state index in [-0.39, 0.29) is 24.0 Å². The van der Waals surface area contributed by atoms with Crippen LogP contribution in [0.25, 0.3) is 0 Å². The first-order chi connectivity index (χ1) is 10.9. The van der Waals surface area contributed by atoms with Crippen LogP contribution in [0.4, 0.5) is 17.6 Å². The number of carbonyl (C=O) groups is 1. The highest BCUT2D eigenvalue weighted by Crippen LogP contribution is 2.30. The molecule has 0 atom stereocenters. The number of ether oxygens (including phenoxy) is 2. The van der Waals surface area contributed by atoms with Crippen molar-refractivity contribution in [2.75, 3.05) is 13.7 Å². The van der Waals surface area contributed by atoms with Gasteiger partial charge in [0.15, 0.2) is 6.61 Å². The molecule has 5 nitrogen and oxygen atoms in total. The molecule has 2 rings (SSSR count).